The average molecular weight is 141 g/mol. The second kappa shape index (κ2) is 9.56. The normalized spacial score (nSPS) is 6.29. The first-order valence-electron chi connectivity index (χ1n) is 1.36. The first-order chi connectivity index (χ1) is 3.27. The van der Waals surface area contributed by atoms with Gasteiger partial charge in [-0.1, -0.05) is 0 Å². The Morgan fingerprint density at radius 2 is 1.86 bits per heavy atom. The molecule has 0 spiro atoms. The van der Waals surface area contributed by atoms with Crippen molar-refractivity contribution in [3.8, 4) is 0 Å². The molecule has 0 radical (unpaired) electrons. The first-order valence-corrected chi connectivity index (χ1v) is 2.32. The van der Waals surface area contributed by atoms with E-state index in [1.165, 1.54) is 0 Å². The van der Waals surface area contributed by atoms with E-state index >= 15 is 0 Å². The lowest BCUT2D eigenvalue weighted by atomic mass is 10.8. The van der Waals surface area contributed by atoms with Gasteiger partial charge in [-0.05, 0) is 0 Å². The van der Waals surface area contributed by atoms with Crippen LogP contribution in [0.2, 0.25) is 0 Å². The summed E-state index contributed by atoms with van der Waals surface area (Å²) in [4.78, 5) is 9.43. The number of carbonyl (C=O) groups is 1. The molecule has 0 aliphatic rings. The lowest BCUT2D eigenvalue weighted by molar-refractivity contribution is -0.113. The minimum Gasteiger partial charge on any atom is -0.388 e. The van der Waals surface area contributed by atoms with Gasteiger partial charge in [0.15, 0.2) is 0 Å². The Kier molecular flexibility index (Phi) is 14.1. The number of aliphatic hydroxyl groups is 1. The predicted molar refractivity (Wildman–Crippen MR) is 34.3 cm³/mol. The number of thiol groups is 2. The van der Waals surface area contributed by atoms with E-state index in [1.54, 1.807) is 0 Å². The molecular formula is C2H7NO2S2. The van der Waals surface area contributed by atoms with Gasteiger partial charge in [0, 0.05) is 0 Å². The van der Waals surface area contributed by atoms with Crippen LogP contribution in [0.5, 0.6) is 0 Å². The van der Waals surface area contributed by atoms with Crippen LogP contribution in [0, 0.1) is 0 Å². The van der Waals surface area contributed by atoms with Gasteiger partial charge in [0.1, 0.15) is 6.61 Å². The highest BCUT2D eigenvalue weighted by molar-refractivity contribution is 7.96. The monoisotopic (exact) mass is 141 g/mol. The number of carbonyl (C=O) groups excluding carboxylic acids is 1. The maximum absolute atomic E-state index is 9.43. The fourth-order valence-corrected chi connectivity index (χ4v) is 0. The number of hydrogen-bond acceptors (Lipinski definition) is 4. The smallest absolute Gasteiger partial charge is 0.211 e. The van der Waals surface area contributed by atoms with Crippen LogP contribution in [-0.4, -0.2) is 16.8 Å². The molecule has 0 amide bonds. The molecule has 0 aromatic carbocycles. The molecule has 0 fully saturated rings. The van der Waals surface area contributed by atoms with Gasteiger partial charge in [0.05, 0.1) is 0 Å². The number of hydrogen-bond donors (Lipinski definition) is 4. The van der Waals surface area contributed by atoms with E-state index in [4.69, 9.17) is 5.11 Å². The predicted octanol–water partition coefficient (Wildman–Crippen LogP) is -0.775. The molecule has 3 N–H and O–H groups in total. The Morgan fingerprint density at radius 1 is 1.71 bits per heavy atom. The van der Waals surface area contributed by atoms with Gasteiger partial charge in [0.25, 0.3) is 0 Å². The van der Waals surface area contributed by atoms with Crippen LogP contribution in [0.4, 0.5) is 0 Å². The Morgan fingerprint density at radius 3 is 1.86 bits per heavy atom. The van der Waals surface area contributed by atoms with Gasteiger partial charge in [-0.3, -0.25) is 9.93 Å². The third-order valence-corrected chi connectivity index (χ3v) is 0.277. The summed E-state index contributed by atoms with van der Waals surface area (Å²) in [7, 11) is 0. The van der Waals surface area contributed by atoms with E-state index in [2.05, 4.69) is 30.6 Å². The molecule has 0 aromatic rings. The molecule has 3 nitrogen and oxygen atoms in total. The number of rotatable bonds is 1. The van der Waals surface area contributed by atoms with Crippen molar-refractivity contribution in [3.63, 3.8) is 0 Å². The SMILES string of the molecule is NS.O=C(S)CO. The van der Waals surface area contributed by atoms with Crippen molar-refractivity contribution in [1.82, 2.24) is 0 Å². The van der Waals surface area contributed by atoms with Gasteiger partial charge in [-0.2, -0.15) is 0 Å². The van der Waals surface area contributed by atoms with E-state index in [9.17, 15) is 4.79 Å². The molecule has 44 valence electrons. The molecular weight excluding hydrogens is 134 g/mol. The molecule has 5 heteroatoms. The largest absolute Gasteiger partial charge is 0.388 e. The van der Waals surface area contributed by atoms with Gasteiger partial charge in [-0.15, -0.1) is 25.4 Å². The second-order valence-corrected chi connectivity index (χ2v) is 1.05. The van der Waals surface area contributed by atoms with Gasteiger partial charge in [-0.25, -0.2) is 0 Å². The minimum atomic E-state index is -0.495. The summed E-state index contributed by atoms with van der Waals surface area (Å²) in [5.74, 6) is 0. The Labute approximate surface area is 52.9 Å². The third kappa shape index (κ3) is 22.1. The zero-order valence-electron chi connectivity index (χ0n) is 3.53. The number of nitrogens with two attached hydrogens (primary N) is 1. The molecule has 0 aromatic heterocycles. The lowest BCUT2D eigenvalue weighted by Crippen LogP contribution is -1.89. The molecule has 0 heterocycles. The first kappa shape index (κ1) is 10.3. The molecule has 0 saturated carbocycles. The summed E-state index contributed by atoms with van der Waals surface area (Å²) in [6.45, 7) is -0.469. The van der Waals surface area contributed by atoms with Crippen molar-refractivity contribution in [3.05, 3.63) is 0 Å². The van der Waals surface area contributed by atoms with Crippen LogP contribution in [0.25, 0.3) is 0 Å². The van der Waals surface area contributed by atoms with E-state index in [-0.39, 0.29) is 0 Å². The fourth-order valence-electron chi connectivity index (χ4n) is 0. The minimum absolute atomic E-state index is 0.469. The topological polar surface area (TPSA) is 63.3 Å². The summed E-state index contributed by atoms with van der Waals surface area (Å²) in [6, 6.07) is 0. The van der Waals surface area contributed by atoms with E-state index in [0.717, 1.165) is 0 Å². The van der Waals surface area contributed by atoms with E-state index in [1.807, 2.05) is 0 Å². The van der Waals surface area contributed by atoms with Crippen LogP contribution in [0.15, 0.2) is 0 Å². The van der Waals surface area contributed by atoms with Gasteiger partial charge < -0.3 is 5.11 Å². The summed E-state index contributed by atoms with van der Waals surface area (Å²) in [5.41, 5.74) is 0. The highest BCUT2D eigenvalue weighted by Crippen LogP contribution is 1.69. The Bertz CT molecular complexity index is 49.0. The second-order valence-electron chi connectivity index (χ2n) is 0.552. The number of aliphatic hydroxyl groups excluding tert-OH is 1. The summed E-state index contributed by atoms with van der Waals surface area (Å²) < 4.78 is 0. The summed E-state index contributed by atoms with van der Waals surface area (Å²) in [6.07, 6.45) is 0. The van der Waals surface area contributed by atoms with Crippen molar-refractivity contribution in [2.75, 3.05) is 6.61 Å². The molecule has 7 heavy (non-hydrogen) atoms. The summed E-state index contributed by atoms with van der Waals surface area (Å²) >= 11 is 6.24. The van der Waals surface area contributed by atoms with Crippen LogP contribution >= 0.6 is 25.4 Å². The van der Waals surface area contributed by atoms with Crippen molar-refractivity contribution < 1.29 is 9.90 Å². The maximum atomic E-state index is 9.43. The third-order valence-electron chi connectivity index (χ3n) is 0.135. The van der Waals surface area contributed by atoms with Crippen molar-refractivity contribution in [1.29, 1.82) is 0 Å². The van der Waals surface area contributed by atoms with Crippen molar-refractivity contribution in [2.45, 2.75) is 0 Å². The Balaban J connectivity index is 0. The maximum Gasteiger partial charge on any atom is 0.211 e. The van der Waals surface area contributed by atoms with E-state index in [0.29, 0.717) is 0 Å². The van der Waals surface area contributed by atoms with Crippen molar-refractivity contribution in [2.24, 2.45) is 5.14 Å². The van der Waals surface area contributed by atoms with Crippen LogP contribution < -0.4 is 5.14 Å². The average Bonchev–Trinajstić information content (AvgIpc) is 1.73. The standard InChI is InChI=1S/C2H4O2S.H3NS/c3-1-2(4)5;1-2/h3H,1H2,(H,4,5);2H,1H2. The van der Waals surface area contributed by atoms with Gasteiger partial charge in [0.2, 0.25) is 5.12 Å². The molecule has 0 aliphatic heterocycles. The zero-order valence-corrected chi connectivity index (χ0v) is 5.32. The zero-order chi connectivity index (χ0) is 6.28. The Hall–Kier alpha value is 0.290. The van der Waals surface area contributed by atoms with Crippen LogP contribution in [0.3, 0.4) is 0 Å². The summed E-state index contributed by atoms with van der Waals surface area (Å²) in [5, 5.41) is 11.4. The van der Waals surface area contributed by atoms with Gasteiger partial charge >= 0.3 is 0 Å². The molecule has 0 bridgehead atoms. The highest BCUT2D eigenvalue weighted by Gasteiger charge is 1.80. The fraction of sp³-hybridized carbons (Fsp3) is 0.500. The molecule has 0 aliphatic carbocycles. The molecule has 0 rings (SSSR count). The molecule has 0 saturated heterocycles. The quantitative estimate of drug-likeness (QED) is 0.362. The molecule has 0 atom stereocenters. The highest BCUT2D eigenvalue weighted by atomic mass is 32.1. The lowest BCUT2D eigenvalue weighted by Gasteiger charge is -1.71. The molecule has 0 unspecified atom stereocenters. The van der Waals surface area contributed by atoms with Crippen molar-refractivity contribution >= 4 is 30.6 Å². The van der Waals surface area contributed by atoms with Crippen LogP contribution in [0.1, 0.15) is 0 Å². The van der Waals surface area contributed by atoms with Crippen LogP contribution in [-0.2, 0) is 4.79 Å². The van der Waals surface area contributed by atoms with E-state index < -0.39 is 11.7 Å².